The monoisotopic (exact) mass is 419 g/mol. The van der Waals surface area contributed by atoms with E-state index in [-0.39, 0.29) is 18.3 Å². The molecular weight excluding hydrogens is 390 g/mol. The molecule has 1 aliphatic heterocycles. The van der Waals surface area contributed by atoms with Crippen LogP contribution in [0.25, 0.3) is 0 Å². The van der Waals surface area contributed by atoms with Gasteiger partial charge in [0.05, 0.1) is 20.8 Å². The van der Waals surface area contributed by atoms with E-state index in [4.69, 9.17) is 15.2 Å². The van der Waals surface area contributed by atoms with E-state index in [1.807, 2.05) is 42.2 Å². The zero-order chi connectivity index (χ0) is 20.1. The highest BCUT2D eigenvalue weighted by Crippen LogP contribution is 2.31. The summed E-state index contributed by atoms with van der Waals surface area (Å²) in [6, 6.07) is 11.7. The Hall–Kier alpha value is -2.60. The number of carbonyl (C=O) groups is 1. The molecule has 7 heteroatoms. The number of fused-ring (bicyclic) bond motifs is 1. The number of carbonyl (C=O) groups excluding carboxylic acids is 1. The Labute approximate surface area is 179 Å². The average molecular weight is 420 g/mol. The molecule has 0 fully saturated rings. The largest absolute Gasteiger partial charge is 0.493 e. The zero-order valence-corrected chi connectivity index (χ0v) is 18.1. The first-order chi connectivity index (χ1) is 13.6. The van der Waals surface area contributed by atoms with E-state index in [9.17, 15) is 4.79 Å². The summed E-state index contributed by atoms with van der Waals surface area (Å²) in [4.78, 5) is 17.0. The molecule has 0 saturated heterocycles. The Balaban J connectivity index is 0.00000300. The summed E-state index contributed by atoms with van der Waals surface area (Å²) < 4.78 is 10.7. The standard InChI is InChI=1S/C22H29N3O3.ClH/c1-4-24(14-16-10-11-20(27-2)21(13-16)28-3)22(26)15-25-12-6-7-17-18(23)8-5-9-19(17)25;/h5,8-11,13H,4,6-7,12,14-15,23H2,1-3H3;1H. The quantitative estimate of drug-likeness (QED) is 0.695. The van der Waals surface area contributed by atoms with E-state index >= 15 is 0 Å². The van der Waals surface area contributed by atoms with Gasteiger partial charge in [0.1, 0.15) is 0 Å². The van der Waals surface area contributed by atoms with Crippen LogP contribution in [0.3, 0.4) is 0 Å². The van der Waals surface area contributed by atoms with Crippen LogP contribution in [0.1, 0.15) is 24.5 Å². The van der Waals surface area contributed by atoms with Gasteiger partial charge >= 0.3 is 0 Å². The molecule has 158 valence electrons. The first-order valence-electron chi connectivity index (χ1n) is 9.68. The number of benzene rings is 2. The number of halogens is 1. The number of hydrogen-bond acceptors (Lipinski definition) is 5. The summed E-state index contributed by atoms with van der Waals surface area (Å²) >= 11 is 0. The van der Waals surface area contributed by atoms with Gasteiger partial charge in [0.25, 0.3) is 0 Å². The topological polar surface area (TPSA) is 68.0 Å². The fourth-order valence-corrected chi connectivity index (χ4v) is 3.73. The van der Waals surface area contributed by atoms with Crippen molar-refractivity contribution in [2.75, 3.05) is 44.5 Å². The van der Waals surface area contributed by atoms with Crippen LogP contribution in [0.15, 0.2) is 36.4 Å². The van der Waals surface area contributed by atoms with Crippen molar-refractivity contribution in [3.05, 3.63) is 47.5 Å². The number of hydrogen-bond donors (Lipinski definition) is 1. The Morgan fingerprint density at radius 2 is 1.93 bits per heavy atom. The smallest absolute Gasteiger partial charge is 0.242 e. The normalized spacial score (nSPS) is 12.6. The number of methoxy groups -OCH3 is 2. The average Bonchev–Trinajstić information content (AvgIpc) is 2.72. The lowest BCUT2D eigenvalue weighted by Crippen LogP contribution is -2.42. The van der Waals surface area contributed by atoms with Gasteiger partial charge < -0.3 is 25.0 Å². The summed E-state index contributed by atoms with van der Waals surface area (Å²) in [6.07, 6.45) is 1.98. The number of anilines is 2. The molecule has 2 N–H and O–H groups in total. The Morgan fingerprint density at radius 3 is 2.62 bits per heavy atom. The number of amides is 1. The lowest BCUT2D eigenvalue weighted by molar-refractivity contribution is -0.130. The Kier molecular flexibility index (Phi) is 8.02. The number of nitrogen functional groups attached to an aromatic ring is 1. The van der Waals surface area contributed by atoms with Gasteiger partial charge in [-0.3, -0.25) is 4.79 Å². The number of rotatable bonds is 7. The van der Waals surface area contributed by atoms with E-state index in [1.165, 1.54) is 0 Å². The highest BCUT2D eigenvalue weighted by molar-refractivity contribution is 5.85. The van der Waals surface area contributed by atoms with Crippen LogP contribution in [0.4, 0.5) is 11.4 Å². The third-order valence-corrected chi connectivity index (χ3v) is 5.26. The second-order valence-electron chi connectivity index (χ2n) is 6.97. The van der Waals surface area contributed by atoms with Crippen molar-refractivity contribution in [1.82, 2.24) is 4.90 Å². The van der Waals surface area contributed by atoms with Crippen molar-refractivity contribution in [1.29, 1.82) is 0 Å². The van der Waals surface area contributed by atoms with Gasteiger partial charge in [0.15, 0.2) is 11.5 Å². The highest BCUT2D eigenvalue weighted by atomic mass is 35.5. The molecule has 1 heterocycles. The lowest BCUT2D eigenvalue weighted by atomic mass is 10.00. The minimum Gasteiger partial charge on any atom is -0.493 e. The maximum absolute atomic E-state index is 13.0. The molecule has 1 amide bonds. The molecule has 0 unspecified atom stereocenters. The van der Waals surface area contributed by atoms with Crippen molar-refractivity contribution < 1.29 is 14.3 Å². The number of nitrogens with two attached hydrogens (primary N) is 1. The SMILES string of the molecule is CCN(Cc1ccc(OC)c(OC)c1)C(=O)CN1CCCc2c(N)cccc21.Cl. The van der Waals surface area contributed by atoms with Crippen molar-refractivity contribution in [2.24, 2.45) is 0 Å². The van der Waals surface area contributed by atoms with Crippen LogP contribution in [0, 0.1) is 0 Å². The van der Waals surface area contributed by atoms with E-state index in [0.29, 0.717) is 31.1 Å². The van der Waals surface area contributed by atoms with Gasteiger partial charge in [-0.2, -0.15) is 0 Å². The van der Waals surface area contributed by atoms with Gasteiger partial charge in [0.2, 0.25) is 5.91 Å². The predicted molar refractivity (Wildman–Crippen MR) is 119 cm³/mol. The molecule has 29 heavy (non-hydrogen) atoms. The van der Waals surface area contributed by atoms with Crippen molar-refractivity contribution in [3.8, 4) is 11.5 Å². The molecule has 0 aliphatic carbocycles. The van der Waals surface area contributed by atoms with E-state index < -0.39 is 0 Å². The third kappa shape index (κ3) is 5.07. The minimum atomic E-state index is 0. The molecule has 6 nitrogen and oxygen atoms in total. The van der Waals surface area contributed by atoms with Gasteiger partial charge in [0, 0.05) is 31.0 Å². The fourth-order valence-electron chi connectivity index (χ4n) is 3.73. The van der Waals surface area contributed by atoms with Crippen molar-refractivity contribution in [3.63, 3.8) is 0 Å². The molecular formula is C22H30ClN3O3. The first-order valence-corrected chi connectivity index (χ1v) is 9.68. The Morgan fingerprint density at radius 1 is 1.17 bits per heavy atom. The summed E-state index contributed by atoms with van der Waals surface area (Å²) in [6.45, 7) is 4.41. The van der Waals surface area contributed by atoms with Crippen LogP contribution in [-0.2, 0) is 17.8 Å². The molecule has 0 spiro atoms. The summed E-state index contributed by atoms with van der Waals surface area (Å²) in [7, 11) is 3.23. The van der Waals surface area contributed by atoms with Gasteiger partial charge in [-0.25, -0.2) is 0 Å². The summed E-state index contributed by atoms with van der Waals surface area (Å²) in [5.41, 5.74) is 10.2. The molecule has 2 aromatic carbocycles. The number of likely N-dealkylation sites (N-methyl/N-ethyl adjacent to an activating group) is 1. The molecule has 0 aromatic heterocycles. The minimum absolute atomic E-state index is 0. The maximum atomic E-state index is 13.0. The van der Waals surface area contributed by atoms with Gasteiger partial charge in [-0.1, -0.05) is 12.1 Å². The zero-order valence-electron chi connectivity index (χ0n) is 17.3. The molecule has 0 radical (unpaired) electrons. The van der Waals surface area contributed by atoms with Gasteiger partial charge in [-0.05, 0) is 55.2 Å². The highest BCUT2D eigenvalue weighted by Gasteiger charge is 2.23. The maximum Gasteiger partial charge on any atom is 0.242 e. The Bertz CT molecular complexity index is 844. The third-order valence-electron chi connectivity index (χ3n) is 5.26. The number of ether oxygens (including phenoxy) is 2. The van der Waals surface area contributed by atoms with Crippen LogP contribution in [0.5, 0.6) is 11.5 Å². The number of nitrogens with zero attached hydrogens (tertiary/aromatic N) is 2. The molecule has 0 atom stereocenters. The lowest BCUT2D eigenvalue weighted by Gasteiger charge is -2.33. The van der Waals surface area contributed by atoms with Crippen LogP contribution in [0.2, 0.25) is 0 Å². The van der Waals surface area contributed by atoms with Crippen LogP contribution < -0.4 is 20.1 Å². The van der Waals surface area contributed by atoms with Gasteiger partial charge in [-0.15, -0.1) is 12.4 Å². The van der Waals surface area contributed by atoms with Crippen LogP contribution in [-0.4, -0.2) is 44.7 Å². The molecule has 3 rings (SSSR count). The molecule has 0 bridgehead atoms. The van der Waals surface area contributed by atoms with E-state index in [2.05, 4.69) is 11.0 Å². The van der Waals surface area contributed by atoms with E-state index in [0.717, 1.165) is 41.9 Å². The second-order valence-corrected chi connectivity index (χ2v) is 6.97. The second kappa shape index (κ2) is 10.3. The predicted octanol–water partition coefficient (Wildman–Crippen LogP) is 3.51. The molecule has 2 aromatic rings. The van der Waals surface area contributed by atoms with Crippen molar-refractivity contribution in [2.45, 2.75) is 26.3 Å². The fraction of sp³-hybridized carbons (Fsp3) is 0.409. The molecule has 1 aliphatic rings. The van der Waals surface area contributed by atoms with E-state index in [1.54, 1.807) is 14.2 Å². The van der Waals surface area contributed by atoms with Crippen LogP contribution >= 0.6 is 12.4 Å². The first kappa shape index (κ1) is 22.7. The summed E-state index contributed by atoms with van der Waals surface area (Å²) in [5.74, 6) is 1.46. The molecule has 0 saturated carbocycles. The van der Waals surface area contributed by atoms with Crippen molar-refractivity contribution >= 4 is 29.7 Å². The summed E-state index contributed by atoms with van der Waals surface area (Å²) in [5, 5.41) is 0.